The van der Waals surface area contributed by atoms with Gasteiger partial charge in [0.2, 0.25) is 0 Å². The number of hydrogen-bond donors (Lipinski definition) is 0. The van der Waals surface area contributed by atoms with Gasteiger partial charge in [-0.05, 0) is 47.2 Å². The van der Waals surface area contributed by atoms with Crippen molar-refractivity contribution >= 4 is 50.6 Å². The van der Waals surface area contributed by atoms with Gasteiger partial charge in [0, 0.05) is 14.7 Å². The fraction of sp³-hybridized carbons (Fsp3) is 0.200. The smallest absolute Gasteiger partial charge is 0.174 e. The molecule has 0 saturated heterocycles. The number of alkyl halides is 1. The molecule has 0 saturated carbocycles. The van der Waals surface area contributed by atoms with Crippen molar-refractivity contribution in [3.63, 3.8) is 0 Å². The van der Waals surface area contributed by atoms with E-state index in [-0.39, 0.29) is 11.1 Å². The molecule has 14 heavy (non-hydrogen) atoms. The average molecular weight is 367 g/mol. The van der Waals surface area contributed by atoms with Crippen LogP contribution in [0.25, 0.3) is 0 Å². The van der Waals surface area contributed by atoms with E-state index in [1.54, 1.807) is 12.1 Å². The third-order valence-electron chi connectivity index (χ3n) is 1.88. The van der Waals surface area contributed by atoms with E-state index in [0.717, 1.165) is 15.4 Å². The Hall–Kier alpha value is -0.230. The fourth-order valence-corrected chi connectivity index (χ4v) is 1.88. The molecule has 0 aliphatic rings. The Bertz CT molecular complexity index is 388. The molecule has 0 fully saturated rings. The maximum absolute atomic E-state index is 11.4. The summed E-state index contributed by atoms with van der Waals surface area (Å²) in [4.78, 5) is 22.2. The monoisotopic (exact) mass is 366 g/mol. The zero-order valence-corrected chi connectivity index (χ0v) is 11.3. The molecule has 0 unspecified atom stereocenters. The minimum Gasteiger partial charge on any atom is -0.298 e. The molecule has 0 N–H and O–H groups in total. The second-order valence-electron chi connectivity index (χ2n) is 2.86. The van der Waals surface area contributed by atoms with Crippen LogP contribution in [-0.2, 0) is 0 Å². The van der Waals surface area contributed by atoms with Gasteiger partial charge in [0.25, 0.3) is 0 Å². The van der Waals surface area contributed by atoms with Crippen LogP contribution in [0.3, 0.4) is 0 Å². The van der Waals surface area contributed by atoms with Crippen molar-refractivity contribution in [2.75, 3.05) is 5.33 Å². The van der Waals surface area contributed by atoms with Gasteiger partial charge in [-0.15, -0.1) is 0 Å². The molecule has 0 aromatic heterocycles. The molecule has 1 aromatic rings. The van der Waals surface area contributed by atoms with E-state index in [1.807, 2.05) is 6.92 Å². The topological polar surface area (TPSA) is 34.1 Å². The molecule has 1 aromatic carbocycles. The lowest BCUT2D eigenvalue weighted by Crippen LogP contribution is -2.05. The Balaban J connectivity index is 3.34. The number of benzene rings is 1. The number of aryl methyl sites for hydroxylation is 1. The van der Waals surface area contributed by atoms with Crippen LogP contribution in [0.5, 0.6) is 0 Å². The van der Waals surface area contributed by atoms with Crippen molar-refractivity contribution in [1.29, 1.82) is 0 Å². The van der Waals surface area contributed by atoms with Gasteiger partial charge >= 0.3 is 0 Å². The normalized spacial score (nSPS) is 9.93. The van der Waals surface area contributed by atoms with E-state index in [4.69, 9.17) is 0 Å². The van der Waals surface area contributed by atoms with Crippen LogP contribution in [0.15, 0.2) is 12.1 Å². The van der Waals surface area contributed by atoms with Crippen molar-refractivity contribution in [3.8, 4) is 0 Å². The van der Waals surface area contributed by atoms with Crippen LogP contribution < -0.4 is 0 Å². The molecule has 0 atom stereocenters. The van der Waals surface area contributed by atoms with Crippen molar-refractivity contribution in [1.82, 2.24) is 0 Å². The van der Waals surface area contributed by atoms with Gasteiger partial charge in [-0.2, -0.15) is 0 Å². The van der Waals surface area contributed by atoms with E-state index in [1.165, 1.54) is 0 Å². The summed E-state index contributed by atoms with van der Waals surface area (Å²) in [6, 6.07) is 3.49. The summed E-state index contributed by atoms with van der Waals surface area (Å²) in [6.07, 6.45) is 0.721. The highest BCUT2D eigenvalue weighted by atomic mass is 127. The van der Waals surface area contributed by atoms with Crippen LogP contribution in [0.2, 0.25) is 0 Å². The second kappa shape index (κ2) is 5.02. The highest BCUT2D eigenvalue weighted by Gasteiger charge is 2.11. The van der Waals surface area contributed by atoms with Gasteiger partial charge in [0.1, 0.15) is 0 Å². The molecule has 0 radical (unpaired) electrons. The number of halogens is 2. The van der Waals surface area contributed by atoms with Crippen molar-refractivity contribution in [2.45, 2.75) is 6.92 Å². The maximum Gasteiger partial charge on any atom is 0.174 e. The summed E-state index contributed by atoms with van der Waals surface area (Å²) in [5.74, 6) is -0.0648. The summed E-state index contributed by atoms with van der Waals surface area (Å²) in [5.41, 5.74) is 1.97. The van der Waals surface area contributed by atoms with Gasteiger partial charge in [-0.1, -0.05) is 15.9 Å². The molecule has 2 nitrogen and oxygen atoms in total. The number of carbonyl (C=O) groups is 2. The van der Waals surface area contributed by atoms with Crippen molar-refractivity contribution in [3.05, 3.63) is 32.4 Å². The van der Waals surface area contributed by atoms with Gasteiger partial charge in [0.05, 0.1) is 5.33 Å². The van der Waals surface area contributed by atoms with Crippen LogP contribution in [-0.4, -0.2) is 17.4 Å². The highest BCUT2D eigenvalue weighted by molar-refractivity contribution is 14.1. The second-order valence-corrected chi connectivity index (χ2v) is 4.59. The van der Waals surface area contributed by atoms with Crippen LogP contribution in [0.4, 0.5) is 0 Å². The van der Waals surface area contributed by atoms with E-state index < -0.39 is 0 Å². The average Bonchev–Trinajstić information content (AvgIpc) is 2.20. The molecule has 74 valence electrons. The Morgan fingerprint density at radius 3 is 2.71 bits per heavy atom. The largest absolute Gasteiger partial charge is 0.298 e. The third kappa shape index (κ3) is 2.42. The number of rotatable bonds is 3. The SMILES string of the molecule is Cc1cc(C=O)c(C(=O)CBr)cc1I. The lowest BCUT2D eigenvalue weighted by molar-refractivity contribution is 0.101. The first-order chi connectivity index (χ1) is 6.60. The van der Waals surface area contributed by atoms with E-state index in [9.17, 15) is 9.59 Å². The van der Waals surface area contributed by atoms with Crippen molar-refractivity contribution in [2.24, 2.45) is 0 Å². The fourth-order valence-electron chi connectivity index (χ4n) is 1.11. The minimum atomic E-state index is -0.0648. The molecule has 0 amide bonds. The van der Waals surface area contributed by atoms with E-state index >= 15 is 0 Å². The number of Topliss-reactive ketones (excluding diaryl/α,β-unsaturated/α-hetero) is 1. The lowest BCUT2D eigenvalue weighted by atomic mass is 10.0. The number of ketones is 1. The molecular formula is C10H8BrIO2. The first kappa shape index (κ1) is 11.8. The molecule has 0 spiro atoms. The number of aldehydes is 1. The van der Waals surface area contributed by atoms with Crippen LogP contribution >= 0.6 is 38.5 Å². The minimum absolute atomic E-state index is 0.0648. The first-order valence-corrected chi connectivity index (χ1v) is 6.14. The summed E-state index contributed by atoms with van der Waals surface area (Å²) in [5, 5.41) is 0.243. The van der Waals surface area contributed by atoms with Gasteiger partial charge in [-0.3, -0.25) is 9.59 Å². The maximum atomic E-state index is 11.4. The molecule has 0 aliphatic carbocycles. The molecule has 0 aliphatic heterocycles. The molecule has 0 bridgehead atoms. The lowest BCUT2D eigenvalue weighted by Gasteiger charge is -2.05. The predicted molar refractivity (Wildman–Crippen MR) is 67.4 cm³/mol. The highest BCUT2D eigenvalue weighted by Crippen LogP contribution is 2.18. The Morgan fingerprint density at radius 1 is 1.57 bits per heavy atom. The van der Waals surface area contributed by atoms with Gasteiger partial charge < -0.3 is 0 Å². The van der Waals surface area contributed by atoms with E-state index in [2.05, 4.69) is 38.5 Å². The zero-order valence-electron chi connectivity index (χ0n) is 7.51. The molecule has 1 rings (SSSR count). The van der Waals surface area contributed by atoms with E-state index in [0.29, 0.717) is 11.1 Å². The van der Waals surface area contributed by atoms with Crippen LogP contribution in [0, 0.1) is 10.5 Å². The Labute approximate surface area is 104 Å². The standard InChI is InChI=1S/C10H8BrIO2/c1-6-2-7(5-13)8(3-9(6)12)10(14)4-11/h2-3,5H,4H2,1H3. The number of hydrogen-bond acceptors (Lipinski definition) is 2. The van der Waals surface area contributed by atoms with Gasteiger partial charge in [-0.25, -0.2) is 0 Å². The summed E-state index contributed by atoms with van der Waals surface area (Å²) < 4.78 is 0.998. The van der Waals surface area contributed by atoms with Crippen LogP contribution in [0.1, 0.15) is 26.3 Å². The molecular weight excluding hydrogens is 359 g/mol. The summed E-state index contributed by atoms with van der Waals surface area (Å²) >= 11 is 5.24. The summed E-state index contributed by atoms with van der Waals surface area (Å²) in [7, 11) is 0. The molecule has 0 heterocycles. The van der Waals surface area contributed by atoms with Crippen molar-refractivity contribution < 1.29 is 9.59 Å². The first-order valence-electron chi connectivity index (χ1n) is 3.94. The summed E-state index contributed by atoms with van der Waals surface area (Å²) in [6.45, 7) is 1.91. The Morgan fingerprint density at radius 2 is 2.21 bits per heavy atom. The predicted octanol–water partition coefficient (Wildman–Crippen LogP) is 2.99. The van der Waals surface area contributed by atoms with Gasteiger partial charge in [0.15, 0.2) is 12.1 Å². The molecule has 4 heteroatoms. The third-order valence-corrected chi connectivity index (χ3v) is 3.55. The number of carbonyl (C=O) groups excluding carboxylic acids is 2. The zero-order chi connectivity index (χ0) is 10.7. The Kier molecular flexibility index (Phi) is 4.25. The quantitative estimate of drug-likeness (QED) is 0.356.